The monoisotopic (exact) mass is 815 g/mol. The van der Waals surface area contributed by atoms with Crippen molar-refractivity contribution >= 4 is 0 Å². The fourth-order valence-electron chi connectivity index (χ4n) is 2.13. The Balaban J connectivity index is 0. The Morgan fingerprint density at radius 2 is 1.03 bits per heavy atom. The van der Waals surface area contributed by atoms with Gasteiger partial charge in [-0.25, -0.2) is 17.6 Å². The maximum absolute atomic E-state index is 13.1. The first-order valence-electron chi connectivity index (χ1n) is 8.29. The second kappa shape index (κ2) is 17.1. The summed E-state index contributed by atoms with van der Waals surface area (Å²) in [6, 6.07) is 16.9. The molecule has 4 rings (SSSR count). The average molecular weight is 814 g/mol. The van der Waals surface area contributed by atoms with Gasteiger partial charge in [0.05, 0.1) is 0 Å². The van der Waals surface area contributed by atoms with Gasteiger partial charge in [0.25, 0.3) is 0 Å². The molecule has 5 nitrogen and oxygen atoms in total. The van der Waals surface area contributed by atoms with Crippen molar-refractivity contribution in [2.24, 2.45) is 0 Å². The summed E-state index contributed by atoms with van der Waals surface area (Å²) in [7, 11) is 1.00. The van der Waals surface area contributed by atoms with Gasteiger partial charge in [0.15, 0.2) is 0 Å². The molecule has 4 heterocycles. The van der Waals surface area contributed by atoms with E-state index in [9.17, 15) is 17.6 Å². The summed E-state index contributed by atoms with van der Waals surface area (Å²) in [6.07, 6.45) is 3.04. The van der Waals surface area contributed by atoms with Crippen LogP contribution in [-0.2, 0) is 40.2 Å². The van der Waals surface area contributed by atoms with E-state index < -0.39 is 23.8 Å². The number of rotatable bonds is 2. The summed E-state index contributed by atoms with van der Waals surface area (Å²) in [5, 5.41) is 7.00. The second-order valence-corrected chi connectivity index (χ2v) is 5.21. The number of halogens is 4. The van der Waals surface area contributed by atoms with Crippen molar-refractivity contribution in [2.75, 3.05) is 7.11 Å². The molecule has 4 aromatic rings. The maximum Gasteiger partial charge on any atom is 0.128 e. The van der Waals surface area contributed by atoms with E-state index in [-0.39, 0.29) is 58.8 Å². The third-order valence-corrected chi connectivity index (χ3v) is 3.34. The number of hydrogen-bond acceptors (Lipinski definition) is 5. The number of pyridine rings is 4. The SMILES string of the molecule is CO.Fc1c[c-]c(-c2ccccn2)c(F)n1.Fc1c[c-]c(-c2ccccn2)c(F)n1.[CH3-].[Ir].[Ir]. The van der Waals surface area contributed by atoms with Crippen LogP contribution in [0.1, 0.15) is 0 Å². The first-order chi connectivity index (χ1) is 14.5. The summed E-state index contributed by atoms with van der Waals surface area (Å²) < 4.78 is 51.1. The first kappa shape index (κ1) is 32.8. The predicted octanol–water partition coefficient (Wildman–Crippen LogP) is 4.50. The van der Waals surface area contributed by atoms with Gasteiger partial charge in [-0.1, -0.05) is 47.5 Å². The molecule has 0 aliphatic heterocycles. The average Bonchev–Trinajstić information content (AvgIpc) is 2.77. The molecule has 0 aliphatic rings. The normalized spacial score (nSPS) is 8.79. The molecule has 0 aliphatic carbocycles. The number of nitrogens with zero attached hydrogens (tertiary/aromatic N) is 4. The van der Waals surface area contributed by atoms with Crippen LogP contribution in [0.5, 0.6) is 0 Å². The van der Waals surface area contributed by atoms with Crippen LogP contribution in [0, 0.1) is 43.4 Å². The van der Waals surface area contributed by atoms with Crippen LogP contribution >= 0.6 is 0 Å². The molecule has 11 heteroatoms. The Hall–Kier alpha value is -2.42. The zero-order chi connectivity index (χ0) is 21.9. The summed E-state index contributed by atoms with van der Waals surface area (Å²) in [5.74, 6) is -3.57. The van der Waals surface area contributed by atoms with Crippen LogP contribution in [-0.4, -0.2) is 32.2 Å². The van der Waals surface area contributed by atoms with Crippen LogP contribution < -0.4 is 0 Å². The smallest absolute Gasteiger partial charge is 0.128 e. The molecule has 4 aromatic heterocycles. The Kier molecular flexibility index (Phi) is 17.0. The number of aromatic nitrogens is 4. The number of aliphatic hydroxyl groups excluding tert-OH is 1. The molecule has 0 unspecified atom stereocenters. The second-order valence-electron chi connectivity index (χ2n) is 5.21. The minimum Gasteiger partial charge on any atom is -0.400 e. The van der Waals surface area contributed by atoms with Crippen molar-refractivity contribution < 1.29 is 62.9 Å². The van der Waals surface area contributed by atoms with Crippen molar-refractivity contribution in [3.05, 3.63) is 104 Å². The predicted molar refractivity (Wildman–Crippen MR) is 107 cm³/mol. The van der Waals surface area contributed by atoms with Crippen molar-refractivity contribution in [3.8, 4) is 22.5 Å². The molecule has 1 N–H and O–H groups in total. The van der Waals surface area contributed by atoms with E-state index in [1.165, 1.54) is 12.4 Å². The van der Waals surface area contributed by atoms with Crippen LogP contribution in [0.3, 0.4) is 0 Å². The molecule has 0 amide bonds. The van der Waals surface area contributed by atoms with E-state index in [4.69, 9.17) is 5.11 Å². The molecular weight excluding hydrogens is 797 g/mol. The van der Waals surface area contributed by atoms with Gasteiger partial charge in [-0.15, -0.1) is 12.1 Å². The van der Waals surface area contributed by atoms with E-state index in [0.717, 1.165) is 19.2 Å². The van der Waals surface area contributed by atoms with E-state index >= 15 is 0 Å². The van der Waals surface area contributed by atoms with Gasteiger partial charge in [0, 0.05) is 59.7 Å². The zero-order valence-corrected chi connectivity index (χ0v) is 22.0. The molecule has 0 aromatic carbocycles. The van der Waals surface area contributed by atoms with Gasteiger partial charge in [-0.05, 0) is 23.5 Å². The van der Waals surface area contributed by atoms with Gasteiger partial charge < -0.3 is 22.5 Å². The molecule has 0 spiro atoms. The van der Waals surface area contributed by atoms with Gasteiger partial charge >= 0.3 is 0 Å². The topological polar surface area (TPSA) is 71.8 Å². The molecule has 180 valence electrons. The Morgan fingerprint density at radius 3 is 1.30 bits per heavy atom. The minimum absolute atomic E-state index is 0. The zero-order valence-electron chi connectivity index (χ0n) is 17.2. The molecule has 2 radical (unpaired) electrons. The third kappa shape index (κ3) is 9.94. The van der Waals surface area contributed by atoms with Crippen LogP contribution in [0.4, 0.5) is 17.6 Å². The van der Waals surface area contributed by atoms with Crippen molar-refractivity contribution in [1.82, 2.24) is 19.9 Å². The summed E-state index contributed by atoms with van der Waals surface area (Å²) in [6.45, 7) is 0. The summed E-state index contributed by atoms with van der Waals surface area (Å²) in [5.41, 5.74) is 0.925. The van der Waals surface area contributed by atoms with Crippen molar-refractivity contribution in [3.63, 3.8) is 0 Å². The molecule has 0 saturated carbocycles. The molecule has 0 fully saturated rings. The summed E-state index contributed by atoms with van der Waals surface area (Å²) in [4.78, 5) is 13.9. The minimum atomic E-state index is -0.899. The quantitative estimate of drug-likeness (QED) is 0.184. The van der Waals surface area contributed by atoms with Gasteiger partial charge in [-0.2, -0.15) is 0 Å². The Labute approximate surface area is 216 Å². The third-order valence-electron chi connectivity index (χ3n) is 3.34. The Morgan fingerprint density at radius 1 is 0.667 bits per heavy atom. The van der Waals surface area contributed by atoms with E-state index in [1.807, 2.05) is 0 Å². The standard InChI is InChI=1S/2C10H5F2N2.CH4O.CH3.2Ir/c2*11-9-5-4-7(10(12)14-9)8-3-1-2-6-13-8;1-2;;;/h2*1-3,5-6H;2H,1H3;1H3;;/q2*-1;;-1;;. The van der Waals surface area contributed by atoms with Gasteiger partial charge in [-0.3, -0.25) is 9.97 Å². The van der Waals surface area contributed by atoms with Crippen LogP contribution in [0.15, 0.2) is 60.9 Å². The van der Waals surface area contributed by atoms with Crippen molar-refractivity contribution in [1.29, 1.82) is 0 Å². The van der Waals surface area contributed by atoms with Gasteiger partial charge in [0.2, 0.25) is 0 Å². The number of aliphatic hydroxyl groups is 1. The van der Waals surface area contributed by atoms with Crippen LogP contribution in [0.25, 0.3) is 22.5 Å². The summed E-state index contributed by atoms with van der Waals surface area (Å²) >= 11 is 0. The van der Waals surface area contributed by atoms with E-state index in [0.29, 0.717) is 11.4 Å². The van der Waals surface area contributed by atoms with E-state index in [1.54, 1.807) is 36.4 Å². The van der Waals surface area contributed by atoms with Gasteiger partial charge in [0.1, 0.15) is 23.8 Å². The van der Waals surface area contributed by atoms with E-state index in [2.05, 4.69) is 32.1 Å². The molecule has 0 atom stereocenters. The van der Waals surface area contributed by atoms with Crippen molar-refractivity contribution in [2.45, 2.75) is 0 Å². The molecule has 33 heavy (non-hydrogen) atoms. The molecule has 0 saturated heterocycles. The molecule has 0 bridgehead atoms. The first-order valence-corrected chi connectivity index (χ1v) is 8.29. The fraction of sp³-hybridized carbons (Fsp3) is 0.0455. The number of hydrogen-bond donors (Lipinski definition) is 1. The Bertz CT molecular complexity index is 991. The fourth-order valence-corrected chi connectivity index (χ4v) is 2.13. The van der Waals surface area contributed by atoms with Crippen LogP contribution in [0.2, 0.25) is 0 Å². The molecular formula is C22H17F4Ir2N4O-3. The maximum atomic E-state index is 13.1. The largest absolute Gasteiger partial charge is 0.400 e.